The molecule has 1 aliphatic rings. The van der Waals surface area contributed by atoms with E-state index in [4.69, 9.17) is 0 Å². The molecule has 0 saturated carbocycles. The first-order valence-corrected chi connectivity index (χ1v) is 8.34. The van der Waals surface area contributed by atoms with Crippen LogP contribution in [-0.4, -0.2) is 38.8 Å². The lowest BCUT2D eigenvalue weighted by atomic mass is 10.2. The summed E-state index contributed by atoms with van der Waals surface area (Å²) in [6.45, 7) is 0.719. The summed E-state index contributed by atoms with van der Waals surface area (Å²) in [4.78, 5) is 22.2. The number of halogens is 3. The molecule has 27 heavy (non-hydrogen) atoms. The molecule has 3 aromatic rings. The fourth-order valence-corrected chi connectivity index (χ4v) is 3.23. The zero-order valence-corrected chi connectivity index (χ0v) is 14.0. The molecule has 1 aromatic carbocycles. The number of anilines is 1. The van der Waals surface area contributed by atoms with Crippen LogP contribution in [0.4, 0.5) is 19.0 Å². The van der Waals surface area contributed by atoms with Gasteiger partial charge >= 0.3 is 11.9 Å². The number of aliphatic hydroxyl groups excluding tert-OH is 1. The molecule has 0 radical (unpaired) electrons. The van der Waals surface area contributed by atoms with E-state index in [2.05, 4.69) is 9.97 Å². The number of para-hydroxylation sites is 1. The average Bonchev–Trinajstić information content (AvgIpc) is 3.06. The van der Waals surface area contributed by atoms with E-state index < -0.39 is 23.7 Å². The first-order chi connectivity index (χ1) is 12.8. The number of aromatic nitrogens is 3. The van der Waals surface area contributed by atoms with Crippen molar-refractivity contribution in [2.75, 3.05) is 18.0 Å². The molecule has 1 fully saturated rings. The molecular weight excluding hydrogens is 361 g/mol. The molecule has 1 unspecified atom stereocenters. The van der Waals surface area contributed by atoms with Crippen LogP contribution in [0.3, 0.4) is 0 Å². The third kappa shape index (κ3) is 3.14. The second-order valence-corrected chi connectivity index (χ2v) is 6.34. The third-order valence-corrected chi connectivity index (χ3v) is 4.49. The van der Waals surface area contributed by atoms with Gasteiger partial charge in [0.25, 0.3) is 0 Å². The minimum Gasteiger partial charge on any atom is -0.391 e. The van der Waals surface area contributed by atoms with Gasteiger partial charge in [0.15, 0.2) is 5.65 Å². The largest absolute Gasteiger partial charge is 0.433 e. The number of hydrogen-bond acceptors (Lipinski definition) is 5. The highest BCUT2D eigenvalue weighted by Gasteiger charge is 2.34. The van der Waals surface area contributed by atoms with E-state index in [1.165, 1.54) is 6.07 Å². The second kappa shape index (κ2) is 6.34. The van der Waals surface area contributed by atoms with Gasteiger partial charge in [0.1, 0.15) is 11.5 Å². The predicted molar refractivity (Wildman–Crippen MR) is 93.0 cm³/mol. The number of pyridine rings is 1. The summed E-state index contributed by atoms with van der Waals surface area (Å²) in [7, 11) is 0. The molecule has 4 rings (SSSR count). The van der Waals surface area contributed by atoms with Crippen molar-refractivity contribution in [1.29, 1.82) is 0 Å². The number of benzene rings is 1. The van der Waals surface area contributed by atoms with Crippen molar-refractivity contribution in [3.63, 3.8) is 0 Å². The SMILES string of the molecule is O=c1nc(N2CCC(O)C2)c2ccc(C(F)(F)F)nc2n1-c1ccccc1. The molecule has 9 heteroatoms. The van der Waals surface area contributed by atoms with Crippen LogP contribution in [0.25, 0.3) is 16.7 Å². The Morgan fingerprint density at radius 2 is 1.81 bits per heavy atom. The van der Waals surface area contributed by atoms with E-state index >= 15 is 0 Å². The van der Waals surface area contributed by atoms with Gasteiger partial charge in [-0.25, -0.2) is 14.3 Å². The van der Waals surface area contributed by atoms with E-state index in [1.807, 2.05) is 0 Å². The Bertz CT molecular complexity index is 1050. The molecule has 1 atom stereocenters. The number of aliphatic hydroxyl groups is 1. The van der Waals surface area contributed by atoms with Crippen molar-refractivity contribution in [1.82, 2.24) is 14.5 Å². The highest BCUT2D eigenvalue weighted by molar-refractivity contribution is 5.88. The van der Waals surface area contributed by atoms with Crippen LogP contribution in [0.1, 0.15) is 12.1 Å². The summed E-state index contributed by atoms with van der Waals surface area (Å²) >= 11 is 0. The van der Waals surface area contributed by atoms with Crippen molar-refractivity contribution < 1.29 is 18.3 Å². The molecule has 140 valence electrons. The monoisotopic (exact) mass is 376 g/mol. The van der Waals surface area contributed by atoms with E-state index in [0.717, 1.165) is 10.6 Å². The highest BCUT2D eigenvalue weighted by Crippen LogP contribution is 2.32. The molecule has 1 aliphatic heterocycles. The van der Waals surface area contributed by atoms with Crippen LogP contribution in [0, 0.1) is 0 Å². The Balaban J connectivity index is 2.02. The molecule has 0 spiro atoms. The zero-order chi connectivity index (χ0) is 19.2. The van der Waals surface area contributed by atoms with Crippen molar-refractivity contribution in [3.8, 4) is 5.69 Å². The molecule has 0 aliphatic carbocycles. The summed E-state index contributed by atoms with van der Waals surface area (Å²) in [5.41, 5.74) is -1.55. The van der Waals surface area contributed by atoms with Crippen LogP contribution in [0.2, 0.25) is 0 Å². The maximum absolute atomic E-state index is 13.2. The maximum Gasteiger partial charge on any atom is 0.433 e. The van der Waals surface area contributed by atoms with Gasteiger partial charge < -0.3 is 10.0 Å². The number of nitrogens with zero attached hydrogens (tertiary/aromatic N) is 4. The second-order valence-electron chi connectivity index (χ2n) is 6.34. The molecule has 0 bridgehead atoms. The van der Waals surface area contributed by atoms with Gasteiger partial charge in [0.05, 0.1) is 17.2 Å². The Morgan fingerprint density at radius 3 is 2.44 bits per heavy atom. The highest BCUT2D eigenvalue weighted by atomic mass is 19.4. The lowest BCUT2D eigenvalue weighted by Crippen LogP contribution is -2.30. The predicted octanol–water partition coefficient (Wildman–Crippen LogP) is 2.37. The van der Waals surface area contributed by atoms with Crippen molar-refractivity contribution in [2.45, 2.75) is 18.7 Å². The van der Waals surface area contributed by atoms with Gasteiger partial charge in [0.2, 0.25) is 0 Å². The average molecular weight is 376 g/mol. The third-order valence-electron chi connectivity index (χ3n) is 4.49. The van der Waals surface area contributed by atoms with E-state index in [-0.39, 0.29) is 18.0 Å². The van der Waals surface area contributed by atoms with Crippen molar-refractivity contribution >= 4 is 16.9 Å². The van der Waals surface area contributed by atoms with Crippen LogP contribution in [-0.2, 0) is 6.18 Å². The quantitative estimate of drug-likeness (QED) is 0.744. The van der Waals surface area contributed by atoms with Gasteiger partial charge in [0, 0.05) is 13.1 Å². The lowest BCUT2D eigenvalue weighted by Gasteiger charge is -2.20. The molecule has 2 aromatic heterocycles. The summed E-state index contributed by atoms with van der Waals surface area (Å²) in [6.07, 6.45) is -4.71. The fourth-order valence-electron chi connectivity index (χ4n) is 3.23. The van der Waals surface area contributed by atoms with Gasteiger partial charge in [-0.05, 0) is 30.7 Å². The fraction of sp³-hybridized carbons (Fsp3) is 0.278. The first-order valence-electron chi connectivity index (χ1n) is 8.34. The lowest BCUT2D eigenvalue weighted by molar-refractivity contribution is -0.141. The van der Waals surface area contributed by atoms with Gasteiger partial charge in [-0.1, -0.05) is 18.2 Å². The molecule has 6 nitrogen and oxygen atoms in total. The molecule has 3 heterocycles. The first kappa shape index (κ1) is 17.5. The minimum absolute atomic E-state index is 0.118. The molecular formula is C18H15F3N4O2. The summed E-state index contributed by atoms with van der Waals surface area (Å²) < 4.78 is 40.7. The number of rotatable bonds is 2. The number of hydrogen-bond donors (Lipinski definition) is 1. The summed E-state index contributed by atoms with van der Waals surface area (Å²) in [5, 5.41) is 10.1. The van der Waals surface area contributed by atoms with E-state index in [9.17, 15) is 23.1 Å². The van der Waals surface area contributed by atoms with Crippen LogP contribution < -0.4 is 10.6 Å². The Labute approximate surface area is 151 Å². The normalized spacial score (nSPS) is 17.6. The van der Waals surface area contributed by atoms with Crippen LogP contribution >= 0.6 is 0 Å². The molecule has 1 N–H and O–H groups in total. The molecule has 1 saturated heterocycles. The Morgan fingerprint density at radius 1 is 1.07 bits per heavy atom. The van der Waals surface area contributed by atoms with Gasteiger partial charge in [-0.15, -0.1) is 0 Å². The van der Waals surface area contributed by atoms with Gasteiger partial charge in [-0.2, -0.15) is 18.2 Å². The van der Waals surface area contributed by atoms with E-state index in [0.29, 0.717) is 24.0 Å². The zero-order valence-electron chi connectivity index (χ0n) is 14.0. The summed E-state index contributed by atoms with van der Waals surface area (Å²) in [6, 6.07) is 10.4. The molecule has 0 amide bonds. The Hall–Kier alpha value is -2.94. The standard InChI is InChI=1S/C18H15F3N4O2/c19-18(20,21)14-7-6-13-15(24-9-8-12(26)10-24)23-17(27)25(16(13)22-14)11-4-2-1-3-5-11/h1-7,12,26H,8-10H2. The van der Waals surface area contributed by atoms with Crippen LogP contribution in [0.15, 0.2) is 47.3 Å². The van der Waals surface area contributed by atoms with Crippen molar-refractivity contribution in [2.24, 2.45) is 0 Å². The minimum atomic E-state index is -4.64. The Kier molecular flexibility index (Phi) is 4.11. The number of β-amino-alcohol motifs (C(OH)–C–C–N with tert-alkyl or cyclic N) is 1. The smallest absolute Gasteiger partial charge is 0.391 e. The van der Waals surface area contributed by atoms with Crippen LogP contribution in [0.5, 0.6) is 0 Å². The van der Waals surface area contributed by atoms with E-state index in [1.54, 1.807) is 35.2 Å². The van der Waals surface area contributed by atoms with Crippen molar-refractivity contribution in [3.05, 3.63) is 58.6 Å². The maximum atomic E-state index is 13.2. The topological polar surface area (TPSA) is 71.2 Å². The number of alkyl halides is 3. The van der Waals surface area contributed by atoms with Gasteiger partial charge in [-0.3, -0.25) is 0 Å². The number of fused-ring (bicyclic) bond motifs is 1. The summed E-state index contributed by atoms with van der Waals surface area (Å²) in [5.74, 6) is 0.236.